The molecule has 0 radical (unpaired) electrons. The van der Waals surface area contributed by atoms with Crippen LogP contribution in [0.2, 0.25) is 0 Å². The quantitative estimate of drug-likeness (QED) is 0.809. The van der Waals surface area contributed by atoms with Gasteiger partial charge in [0.15, 0.2) is 0 Å². The van der Waals surface area contributed by atoms with Crippen LogP contribution in [0.1, 0.15) is 30.4 Å². The second-order valence-electron chi connectivity index (χ2n) is 5.02. The van der Waals surface area contributed by atoms with E-state index >= 15 is 0 Å². The largest absolute Gasteiger partial charge is 0.349 e. The number of nitrogens with one attached hydrogen (secondary N) is 1. The molecule has 3 heteroatoms. The highest BCUT2D eigenvalue weighted by atomic mass is 16.1. The van der Waals surface area contributed by atoms with Gasteiger partial charge in [-0.2, -0.15) is 0 Å². The van der Waals surface area contributed by atoms with E-state index in [9.17, 15) is 4.79 Å². The molecule has 1 aromatic rings. The van der Waals surface area contributed by atoms with Crippen LogP contribution in [0.15, 0.2) is 24.3 Å². The number of amides is 1. The molecule has 17 heavy (non-hydrogen) atoms. The number of carbonyl (C=O) groups is 1. The fourth-order valence-corrected chi connectivity index (χ4v) is 2.01. The van der Waals surface area contributed by atoms with Crippen LogP contribution in [-0.2, 0) is 11.2 Å². The number of aryl methyl sites for hydroxylation is 2. The maximum Gasteiger partial charge on any atom is 0.220 e. The molecule has 0 bridgehead atoms. The topological polar surface area (TPSA) is 55.1 Å². The third-order valence-corrected chi connectivity index (χ3v) is 3.37. The number of benzene rings is 1. The van der Waals surface area contributed by atoms with Crippen LogP contribution >= 0.6 is 0 Å². The molecular weight excluding hydrogens is 212 g/mol. The van der Waals surface area contributed by atoms with Crippen molar-refractivity contribution in [3.63, 3.8) is 0 Å². The fourth-order valence-electron chi connectivity index (χ4n) is 2.01. The lowest BCUT2D eigenvalue weighted by atomic mass is 10.1. The summed E-state index contributed by atoms with van der Waals surface area (Å²) in [6.07, 6.45) is 3.40. The van der Waals surface area contributed by atoms with Gasteiger partial charge in [0.05, 0.1) is 5.54 Å². The fraction of sp³-hybridized carbons (Fsp3) is 0.500. The molecule has 0 aromatic heterocycles. The summed E-state index contributed by atoms with van der Waals surface area (Å²) in [5, 5.41) is 3.04. The summed E-state index contributed by atoms with van der Waals surface area (Å²) < 4.78 is 0. The van der Waals surface area contributed by atoms with Gasteiger partial charge in [0.25, 0.3) is 0 Å². The van der Waals surface area contributed by atoms with E-state index in [1.807, 2.05) is 6.07 Å². The molecule has 0 aliphatic heterocycles. The van der Waals surface area contributed by atoms with E-state index in [-0.39, 0.29) is 11.4 Å². The van der Waals surface area contributed by atoms with Crippen LogP contribution < -0.4 is 11.1 Å². The molecule has 92 valence electrons. The minimum absolute atomic E-state index is 0.0658. The Hall–Kier alpha value is -1.35. The van der Waals surface area contributed by atoms with Crippen molar-refractivity contribution in [1.82, 2.24) is 5.32 Å². The predicted molar refractivity (Wildman–Crippen MR) is 68.7 cm³/mol. The van der Waals surface area contributed by atoms with Gasteiger partial charge in [0, 0.05) is 13.0 Å². The highest BCUT2D eigenvalue weighted by molar-refractivity contribution is 5.77. The van der Waals surface area contributed by atoms with Crippen LogP contribution in [0.25, 0.3) is 0 Å². The number of hydrogen-bond acceptors (Lipinski definition) is 2. The molecule has 1 aromatic carbocycles. The number of carbonyl (C=O) groups excluding carboxylic acids is 1. The molecule has 0 heterocycles. The van der Waals surface area contributed by atoms with E-state index < -0.39 is 0 Å². The minimum Gasteiger partial charge on any atom is -0.349 e. The van der Waals surface area contributed by atoms with E-state index in [2.05, 4.69) is 30.4 Å². The second kappa shape index (κ2) is 4.88. The van der Waals surface area contributed by atoms with Crippen molar-refractivity contribution in [2.45, 2.75) is 38.1 Å². The van der Waals surface area contributed by atoms with Gasteiger partial charge >= 0.3 is 0 Å². The molecule has 3 nitrogen and oxygen atoms in total. The summed E-state index contributed by atoms with van der Waals surface area (Å²) in [5.74, 6) is 0.120. The summed E-state index contributed by atoms with van der Waals surface area (Å²) in [4.78, 5) is 11.7. The molecular formula is C14H20N2O. The van der Waals surface area contributed by atoms with E-state index in [0.29, 0.717) is 13.0 Å². The van der Waals surface area contributed by atoms with Crippen molar-refractivity contribution < 1.29 is 4.79 Å². The van der Waals surface area contributed by atoms with Crippen molar-refractivity contribution in [2.75, 3.05) is 6.54 Å². The smallest absolute Gasteiger partial charge is 0.220 e. The maximum atomic E-state index is 11.7. The predicted octanol–water partition coefficient (Wildman–Crippen LogP) is 1.54. The minimum atomic E-state index is -0.0658. The lowest BCUT2D eigenvalue weighted by Crippen LogP contribution is -2.42. The van der Waals surface area contributed by atoms with Crippen LogP contribution in [-0.4, -0.2) is 18.0 Å². The van der Waals surface area contributed by atoms with Gasteiger partial charge in [-0.05, 0) is 31.7 Å². The molecule has 3 N–H and O–H groups in total. The molecule has 0 saturated heterocycles. The van der Waals surface area contributed by atoms with Gasteiger partial charge in [-0.25, -0.2) is 0 Å². The highest BCUT2D eigenvalue weighted by Crippen LogP contribution is 2.33. The van der Waals surface area contributed by atoms with Gasteiger partial charge in [-0.15, -0.1) is 0 Å². The second-order valence-corrected chi connectivity index (χ2v) is 5.02. The summed E-state index contributed by atoms with van der Waals surface area (Å²) in [6.45, 7) is 2.63. The third kappa shape index (κ3) is 3.30. The van der Waals surface area contributed by atoms with Crippen LogP contribution in [0.5, 0.6) is 0 Å². The Kier molecular flexibility index (Phi) is 3.48. The normalized spacial score (nSPS) is 16.6. The molecule has 0 spiro atoms. The van der Waals surface area contributed by atoms with Gasteiger partial charge in [-0.3, -0.25) is 4.79 Å². The molecule has 1 saturated carbocycles. The first kappa shape index (κ1) is 12.1. The Bertz CT molecular complexity index is 410. The van der Waals surface area contributed by atoms with E-state index in [0.717, 1.165) is 19.3 Å². The maximum absolute atomic E-state index is 11.7. The first-order valence-electron chi connectivity index (χ1n) is 6.20. The van der Waals surface area contributed by atoms with E-state index in [1.165, 1.54) is 11.1 Å². The molecule has 1 amide bonds. The van der Waals surface area contributed by atoms with Gasteiger partial charge in [0.1, 0.15) is 0 Å². The SMILES string of the molecule is Cc1cccc(CCC(=O)NC2(CN)CC2)c1. The summed E-state index contributed by atoms with van der Waals surface area (Å²) >= 11 is 0. The standard InChI is InChI=1S/C14H20N2O/c1-11-3-2-4-12(9-11)5-6-13(17)16-14(10-15)7-8-14/h2-4,9H,5-8,10,15H2,1H3,(H,16,17). The van der Waals surface area contributed by atoms with Crippen molar-refractivity contribution in [1.29, 1.82) is 0 Å². The lowest BCUT2D eigenvalue weighted by Gasteiger charge is -2.14. The number of rotatable bonds is 5. The zero-order chi connectivity index (χ0) is 12.3. The summed E-state index contributed by atoms with van der Waals surface area (Å²) in [5.41, 5.74) is 8.02. The average molecular weight is 232 g/mol. The Labute approximate surface area is 102 Å². The van der Waals surface area contributed by atoms with Crippen molar-refractivity contribution in [2.24, 2.45) is 5.73 Å². The Balaban J connectivity index is 1.80. The first-order valence-corrected chi connectivity index (χ1v) is 6.20. The van der Waals surface area contributed by atoms with Crippen molar-refractivity contribution >= 4 is 5.91 Å². The highest BCUT2D eigenvalue weighted by Gasteiger charge is 2.42. The van der Waals surface area contributed by atoms with Gasteiger partial charge in [0.2, 0.25) is 5.91 Å². The summed E-state index contributed by atoms with van der Waals surface area (Å²) in [7, 11) is 0. The monoisotopic (exact) mass is 232 g/mol. The molecule has 0 atom stereocenters. The van der Waals surface area contributed by atoms with Crippen LogP contribution in [0, 0.1) is 6.92 Å². The molecule has 1 aliphatic carbocycles. The van der Waals surface area contributed by atoms with E-state index in [1.54, 1.807) is 0 Å². The molecule has 2 rings (SSSR count). The Morgan fingerprint density at radius 1 is 1.47 bits per heavy atom. The third-order valence-electron chi connectivity index (χ3n) is 3.37. The van der Waals surface area contributed by atoms with Gasteiger partial charge < -0.3 is 11.1 Å². The molecule has 1 fully saturated rings. The average Bonchev–Trinajstić information content (AvgIpc) is 3.07. The van der Waals surface area contributed by atoms with Crippen molar-refractivity contribution in [3.05, 3.63) is 35.4 Å². The van der Waals surface area contributed by atoms with E-state index in [4.69, 9.17) is 5.73 Å². The zero-order valence-electron chi connectivity index (χ0n) is 10.3. The van der Waals surface area contributed by atoms with Crippen LogP contribution in [0.3, 0.4) is 0 Å². The van der Waals surface area contributed by atoms with Crippen LogP contribution in [0.4, 0.5) is 0 Å². The molecule has 0 unspecified atom stereocenters. The van der Waals surface area contributed by atoms with Gasteiger partial charge in [-0.1, -0.05) is 29.8 Å². The number of nitrogens with two attached hydrogens (primary N) is 1. The summed E-state index contributed by atoms with van der Waals surface area (Å²) in [6, 6.07) is 8.29. The lowest BCUT2D eigenvalue weighted by molar-refractivity contribution is -0.121. The Morgan fingerprint density at radius 3 is 2.82 bits per heavy atom. The number of hydrogen-bond donors (Lipinski definition) is 2. The first-order chi connectivity index (χ1) is 8.13. The molecule has 1 aliphatic rings. The Morgan fingerprint density at radius 2 is 2.24 bits per heavy atom. The zero-order valence-corrected chi connectivity index (χ0v) is 10.3. The van der Waals surface area contributed by atoms with Crippen molar-refractivity contribution in [3.8, 4) is 0 Å².